The van der Waals surface area contributed by atoms with E-state index in [1.54, 1.807) is 0 Å². The Morgan fingerprint density at radius 3 is 2.62 bits per heavy atom. The molecule has 0 aromatic rings. The maximum absolute atomic E-state index is 3.57. The Kier molecular flexibility index (Phi) is 3.62. The van der Waals surface area contributed by atoms with Crippen molar-refractivity contribution in [1.29, 1.82) is 0 Å². The summed E-state index contributed by atoms with van der Waals surface area (Å²) in [5.74, 6) is 0. The van der Waals surface area contributed by atoms with Crippen LogP contribution >= 0.6 is 0 Å². The van der Waals surface area contributed by atoms with Gasteiger partial charge in [-0.1, -0.05) is 6.42 Å². The van der Waals surface area contributed by atoms with Crippen molar-refractivity contribution in [2.24, 2.45) is 0 Å². The third-order valence-corrected chi connectivity index (χ3v) is 3.40. The van der Waals surface area contributed by atoms with Crippen LogP contribution in [0.3, 0.4) is 0 Å². The first-order chi connectivity index (χ1) is 6.45. The minimum atomic E-state index is 0.835. The summed E-state index contributed by atoms with van der Waals surface area (Å²) in [7, 11) is 0. The second-order valence-corrected chi connectivity index (χ2v) is 4.48. The molecule has 1 N–H and O–H groups in total. The van der Waals surface area contributed by atoms with Crippen LogP contribution in [-0.2, 0) is 0 Å². The molecular weight excluding hydrogens is 160 g/mol. The molecule has 2 heteroatoms. The van der Waals surface area contributed by atoms with Crippen molar-refractivity contribution in [2.45, 2.75) is 44.6 Å². The van der Waals surface area contributed by atoms with Crippen molar-refractivity contribution in [1.82, 2.24) is 10.2 Å². The van der Waals surface area contributed by atoms with E-state index in [4.69, 9.17) is 0 Å². The van der Waals surface area contributed by atoms with E-state index in [2.05, 4.69) is 10.2 Å². The lowest BCUT2D eigenvalue weighted by Crippen LogP contribution is -2.34. The standard InChI is InChI=1S/C11H22N2/c1-2-8-13(9-3-1)10-6-11-5-4-7-12-11/h11-12H,1-10H2/t11-/m1/s1. The molecule has 2 rings (SSSR count). The van der Waals surface area contributed by atoms with Crippen molar-refractivity contribution < 1.29 is 0 Å². The molecule has 0 aromatic carbocycles. The highest BCUT2D eigenvalue weighted by Gasteiger charge is 2.16. The zero-order valence-electron chi connectivity index (χ0n) is 8.60. The van der Waals surface area contributed by atoms with E-state index >= 15 is 0 Å². The Hall–Kier alpha value is -0.0800. The summed E-state index contributed by atoms with van der Waals surface area (Å²) in [5, 5.41) is 3.57. The minimum absolute atomic E-state index is 0.835. The van der Waals surface area contributed by atoms with Crippen LogP contribution < -0.4 is 5.32 Å². The molecule has 2 heterocycles. The van der Waals surface area contributed by atoms with Gasteiger partial charge in [0, 0.05) is 6.04 Å². The molecule has 0 unspecified atom stereocenters. The van der Waals surface area contributed by atoms with Gasteiger partial charge in [0.1, 0.15) is 0 Å². The molecule has 2 aliphatic heterocycles. The number of nitrogens with zero attached hydrogens (tertiary/aromatic N) is 1. The Labute approximate surface area is 81.7 Å². The van der Waals surface area contributed by atoms with E-state index in [1.165, 1.54) is 64.7 Å². The summed E-state index contributed by atoms with van der Waals surface area (Å²) in [5.41, 5.74) is 0. The van der Waals surface area contributed by atoms with Gasteiger partial charge in [-0.25, -0.2) is 0 Å². The topological polar surface area (TPSA) is 15.3 Å². The summed E-state index contributed by atoms with van der Waals surface area (Å²) < 4.78 is 0. The van der Waals surface area contributed by atoms with Gasteiger partial charge in [-0.15, -0.1) is 0 Å². The van der Waals surface area contributed by atoms with Crippen molar-refractivity contribution in [3.05, 3.63) is 0 Å². The Morgan fingerprint density at radius 1 is 1.08 bits per heavy atom. The molecule has 76 valence electrons. The number of hydrogen-bond acceptors (Lipinski definition) is 2. The molecule has 2 nitrogen and oxygen atoms in total. The quantitative estimate of drug-likeness (QED) is 0.713. The zero-order chi connectivity index (χ0) is 8.93. The van der Waals surface area contributed by atoms with Crippen LogP contribution in [0.5, 0.6) is 0 Å². The zero-order valence-corrected chi connectivity index (χ0v) is 8.60. The predicted octanol–water partition coefficient (Wildman–Crippen LogP) is 1.61. The Balaban J connectivity index is 1.60. The van der Waals surface area contributed by atoms with Crippen LogP contribution in [0.2, 0.25) is 0 Å². The number of hydrogen-bond donors (Lipinski definition) is 1. The molecule has 0 bridgehead atoms. The summed E-state index contributed by atoms with van der Waals surface area (Å²) in [6.07, 6.45) is 8.49. The first kappa shape index (κ1) is 9.47. The predicted molar refractivity (Wildman–Crippen MR) is 55.9 cm³/mol. The first-order valence-corrected chi connectivity index (χ1v) is 5.91. The number of piperidine rings is 1. The largest absolute Gasteiger partial charge is 0.314 e. The monoisotopic (exact) mass is 182 g/mol. The normalized spacial score (nSPS) is 30.9. The summed E-state index contributed by atoms with van der Waals surface area (Å²) >= 11 is 0. The van der Waals surface area contributed by atoms with Gasteiger partial charge in [-0.3, -0.25) is 0 Å². The second-order valence-electron chi connectivity index (χ2n) is 4.48. The van der Waals surface area contributed by atoms with Crippen molar-refractivity contribution in [3.8, 4) is 0 Å². The van der Waals surface area contributed by atoms with Gasteiger partial charge in [-0.2, -0.15) is 0 Å². The van der Waals surface area contributed by atoms with E-state index in [0.29, 0.717) is 0 Å². The fraction of sp³-hybridized carbons (Fsp3) is 1.00. The van der Waals surface area contributed by atoms with Gasteiger partial charge in [0.15, 0.2) is 0 Å². The molecule has 2 aliphatic rings. The maximum Gasteiger partial charge on any atom is 0.00797 e. The van der Waals surface area contributed by atoms with Crippen LogP contribution in [-0.4, -0.2) is 37.1 Å². The lowest BCUT2D eigenvalue weighted by atomic mass is 10.1. The highest BCUT2D eigenvalue weighted by molar-refractivity contribution is 4.76. The summed E-state index contributed by atoms with van der Waals surface area (Å²) in [6.45, 7) is 5.29. The molecule has 2 fully saturated rings. The molecular formula is C11H22N2. The third-order valence-electron chi connectivity index (χ3n) is 3.40. The smallest absolute Gasteiger partial charge is 0.00797 e. The van der Waals surface area contributed by atoms with Gasteiger partial charge < -0.3 is 10.2 Å². The lowest BCUT2D eigenvalue weighted by molar-refractivity contribution is 0.219. The van der Waals surface area contributed by atoms with Crippen molar-refractivity contribution in [2.75, 3.05) is 26.2 Å². The number of nitrogens with one attached hydrogen (secondary N) is 1. The lowest BCUT2D eigenvalue weighted by Gasteiger charge is -2.27. The molecule has 1 atom stereocenters. The van der Waals surface area contributed by atoms with Gasteiger partial charge in [0.2, 0.25) is 0 Å². The summed E-state index contributed by atoms with van der Waals surface area (Å²) in [4.78, 5) is 2.64. The Bertz CT molecular complexity index is 135. The minimum Gasteiger partial charge on any atom is -0.314 e. The molecule has 0 amide bonds. The molecule has 0 aromatic heterocycles. The van der Waals surface area contributed by atoms with Crippen LogP contribution in [0.4, 0.5) is 0 Å². The molecule has 0 saturated carbocycles. The second kappa shape index (κ2) is 4.97. The number of likely N-dealkylation sites (tertiary alicyclic amines) is 1. The molecule has 13 heavy (non-hydrogen) atoms. The van der Waals surface area contributed by atoms with Gasteiger partial charge >= 0.3 is 0 Å². The van der Waals surface area contributed by atoms with Crippen LogP contribution in [0.1, 0.15) is 38.5 Å². The van der Waals surface area contributed by atoms with Gasteiger partial charge in [0.05, 0.1) is 0 Å². The van der Waals surface area contributed by atoms with E-state index in [1.807, 2.05) is 0 Å². The van der Waals surface area contributed by atoms with E-state index < -0.39 is 0 Å². The Morgan fingerprint density at radius 2 is 1.92 bits per heavy atom. The fourth-order valence-electron chi connectivity index (χ4n) is 2.52. The maximum atomic E-state index is 3.57. The third kappa shape index (κ3) is 2.96. The van der Waals surface area contributed by atoms with E-state index in [9.17, 15) is 0 Å². The molecule has 0 spiro atoms. The van der Waals surface area contributed by atoms with Crippen LogP contribution in [0, 0.1) is 0 Å². The van der Waals surface area contributed by atoms with Crippen LogP contribution in [0.15, 0.2) is 0 Å². The SMILES string of the molecule is C1CCN(CC[C@H]2CCCN2)CC1. The van der Waals surface area contributed by atoms with Crippen molar-refractivity contribution >= 4 is 0 Å². The highest BCUT2D eigenvalue weighted by atomic mass is 15.1. The van der Waals surface area contributed by atoms with Crippen molar-refractivity contribution in [3.63, 3.8) is 0 Å². The average molecular weight is 182 g/mol. The van der Waals surface area contributed by atoms with E-state index in [0.717, 1.165) is 6.04 Å². The van der Waals surface area contributed by atoms with E-state index in [-0.39, 0.29) is 0 Å². The van der Waals surface area contributed by atoms with Gasteiger partial charge in [0.25, 0.3) is 0 Å². The average Bonchev–Trinajstić information content (AvgIpc) is 2.69. The molecule has 2 saturated heterocycles. The highest BCUT2D eigenvalue weighted by Crippen LogP contribution is 2.12. The molecule has 0 aliphatic carbocycles. The number of rotatable bonds is 3. The first-order valence-electron chi connectivity index (χ1n) is 5.91. The molecule has 0 radical (unpaired) electrons. The summed E-state index contributed by atoms with van der Waals surface area (Å²) in [6, 6.07) is 0.835. The fourth-order valence-corrected chi connectivity index (χ4v) is 2.52. The van der Waals surface area contributed by atoms with Gasteiger partial charge in [-0.05, 0) is 58.3 Å². The van der Waals surface area contributed by atoms with Crippen LogP contribution in [0.25, 0.3) is 0 Å².